The van der Waals surface area contributed by atoms with Gasteiger partial charge in [0.2, 0.25) is 0 Å². The Morgan fingerprint density at radius 3 is 2.68 bits per heavy atom. The summed E-state index contributed by atoms with van der Waals surface area (Å²) in [5, 5.41) is 10.7. The van der Waals surface area contributed by atoms with E-state index in [-0.39, 0.29) is 11.7 Å². The van der Waals surface area contributed by atoms with Gasteiger partial charge >= 0.3 is 0 Å². The van der Waals surface area contributed by atoms with Crippen LogP contribution in [0.25, 0.3) is 0 Å². The number of nitrogens with zero attached hydrogens (tertiary/aromatic N) is 4. The molecule has 132 valence electrons. The molecule has 0 unspecified atom stereocenters. The first-order chi connectivity index (χ1) is 12.2. The quantitative estimate of drug-likeness (QED) is 0.915. The van der Waals surface area contributed by atoms with Crippen molar-refractivity contribution in [2.75, 3.05) is 38.1 Å². The van der Waals surface area contributed by atoms with E-state index in [1.807, 2.05) is 18.2 Å². The molecule has 0 aliphatic carbocycles. The first kappa shape index (κ1) is 17.3. The Hall–Kier alpha value is -2.54. The van der Waals surface area contributed by atoms with Crippen LogP contribution in [0.3, 0.4) is 0 Å². The molecule has 1 aliphatic rings. The predicted molar refractivity (Wildman–Crippen MR) is 93.9 cm³/mol. The Kier molecular flexibility index (Phi) is 5.55. The summed E-state index contributed by atoms with van der Waals surface area (Å²) in [6.07, 6.45) is 0.966. The van der Waals surface area contributed by atoms with Crippen LogP contribution in [-0.4, -0.2) is 54.2 Å². The van der Waals surface area contributed by atoms with Crippen molar-refractivity contribution in [3.63, 3.8) is 0 Å². The summed E-state index contributed by atoms with van der Waals surface area (Å²) in [6, 6.07) is 10.4. The number of benzene rings is 1. The van der Waals surface area contributed by atoms with Crippen LogP contribution in [0, 0.1) is 5.82 Å². The van der Waals surface area contributed by atoms with Crippen molar-refractivity contribution in [2.24, 2.45) is 0 Å². The summed E-state index contributed by atoms with van der Waals surface area (Å²) in [6.45, 7) is 4.01. The molecule has 7 heteroatoms. The lowest BCUT2D eigenvalue weighted by atomic mass is 10.2. The van der Waals surface area contributed by atoms with E-state index in [1.54, 1.807) is 19.2 Å². The van der Waals surface area contributed by atoms with Crippen LogP contribution in [0.4, 0.5) is 10.2 Å². The molecule has 2 heterocycles. The summed E-state index contributed by atoms with van der Waals surface area (Å²) in [7, 11) is 1.57. The van der Waals surface area contributed by atoms with Crippen molar-refractivity contribution in [3.8, 4) is 0 Å². The molecule has 1 saturated heterocycles. The molecule has 25 heavy (non-hydrogen) atoms. The van der Waals surface area contributed by atoms with Gasteiger partial charge in [0.05, 0.1) is 0 Å². The molecule has 1 N–H and O–H groups in total. The molecule has 0 spiro atoms. The minimum Gasteiger partial charge on any atom is -0.354 e. The van der Waals surface area contributed by atoms with E-state index in [0.717, 1.165) is 44.0 Å². The van der Waals surface area contributed by atoms with Gasteiger partial charge in [0.1, 0.15) is 5.82 Å². The first-order valence-corrected chi connectivity index (χ1v) is 8.44. The van der Waals surface area contributed by atoms with Crippen LogP contribution >= 0.6 is 0 Å². The Balaban J connectivity index is 1.61. The number of hydrogen-bond donors (Lipinski definition) is 1. The summed E-state index contributed by atoms with van der Waals surface area (Å²) in [5.74, 6) is 0.366. The smallest absolute Gasteiger partial charge is 0.271 e. The predicted octanol–water partition coefficient (Wildman–Crippen LogP) is 1.69. The van der Waals surface area contributed by atoms with Crippen molar-refractivity contribution in [1.29, 1.82) is 0 Å². The monoisotopic (exact) mass is 343 g/mol. The van der Waals surface area contributed by atoms with E-state index in [9.17, 15) is 9.18 Å². The second-order valence-electron chi connectivity index (χ2n) is 6.06. The fourth-order valence-electron chi connectivity index (χ4n) is 2.97. The molecule has 0 radical (unpaired) electrons. The number of amides is 1. The zero-order valence-corrected chi connectivity index (χ0v) is 14.3. The van der Waals surface area contributed by atoms with E-state index in [0.29, 0.717) is 12.2 Å². The Morgan fingerprint density at radius 1 is 1.12 bits per heavy atom. The van der Waals surface area contributed by atoms with E-state index in [2.05, 4.69) is 25.3 Å². The van der Waals surface area contributed by atoms with Gasteiger partial charge in [-0.15, -0.1) is 10.2 Å². The van der Waals surface area contributed by atoms with Gasteiger partial charge in [-0.3, -0.25) is 9.69 Å². The normalized spacial score (nSPS) is 15.7. The molecule has 1 aromatic carbocycles. The van der Waals surface area contributed by atoms with E-state index in [1.165, 1.54) is 6.07 Å². The average molecular weight is 343 g/mol. The highest BCUT2D eigenvalue weighted by Crippen LogP contribution is 2.16. The third kappa shape index (κ3) is 4.30. The number of aromatic nitrogens is 2. The fraction of sp³-hybridized carbons (Fsp3) is 0.389. The highest BCUT2D eigenvalue weighted by molar-refractivity contribution is 5.91. The molecule has 1 aromatic heterocycles. The van der Waals surface area contributed by atoms with Crippen LogP contribution in [0.5, 0.6) is 0 Å². The minimum atomic E-state index is -0.244. The topological polar surface area (TPSA) is 61.4 Å². The Bertz CT molecular complexity index is 722. The van der Waals surface area contributed by atoms with Gasteiger partial charge < -0.3 is 10.2 Å². The average Bonchev–Trinajstić information content (AvgIpc) is 2.89. The second-order valence-corrected chi connectivity index (χ2v) is 6.06. The molecular weight excluding hydrogens is 321 g/mol. The number of anilines is 1. The van der Waals surface area contributed by atoms with Crippen LogP contribution in [0.2, 0.25) is 0 Å². The van der Waals surface area contributed by atoms with Crippen molar-refractivity contribution in [2.45, 2.75) is 13.0 Å². The van der Waals surface area contributed by atoms with E-state index < -0.39 is 0 Å². The highest BCUT2D eigenvalue weighted by atomic mass is 19.1. The number of carbonyl (C=O) groups excluding carboxylic acids is 1. The van der Waals surface area contributed by atoms with Crippen LogP contribution in [0.15, 0.2) is 36.4 Å². The molecule has 2 aromatic rings. The van der Waals surface area contributed by atoms with Gasteiger partial charge in [-0.05, 0) is 24.6 Å². The SMILES string of the molecule is CNC(=O)c1ccc(N2CCCN(Cc3ccccc3F)CC2)nn1. The second kappa shape index (κ2) is 8.02. The maximum absolute atomic E-state index is 13.8. The van der Waals surface area contributed by atoms with Crippen molar-refractivity contribution in [3.05, 3.63) is 53.5 Å². The van der Waals surface area contributed by atoms with Crippen molar-refractivity contribution < 1.29 is 9.18 Å². The summed E-state index contributed by atoms with van der Waals surface area (Å²) in [4.78, 5) is 15.9. The standard InChI is InChI=1S/C18H22FN5O/c1-20-18(25)16-7-8-17(22-21-16)24-10-4-9-23(11-12-24)13-14-5-2-3-6-15(14)19/h2-3,5-8H,4,9-13H2,1H3,(H,20,25). The molecule has 1 aliphatic heterocycles. The molecule has 1 fully saturated rings. The maximum Gasteiger partial charge on any atom is 0.271 e. The zero-order chi connectivity index (χ0) is 17.6. The summed E-state index contributed by atoms with van der Waals surface area (Å²) in [5.41, 5.74) is 1.04. The molecule has 0 saturated carbocycles. The van der Waals surface area contributed by atoms with Crippen LogP contribution < -0.4 is 10.2 Å². The first-order valence-electron chi connectivity index (χ1n) is 8.44. The molecule has 0 bridgehead atoms. The van der Waals surface area contributed by atoms with E-state index >= 15 is 0 Å². The number of carbonyl (C=O) groups is 1. The number of hydrogen-bond acceptors (Lipinski definition) is 5. The lowest BCUT2D eigenvalue weighted by Crippen LogP contribution is -2.31. The number of halogens is 1. The third-order valence-electron chi connectivity index (χ3n) is 4.37. The lowest BCUT2D eigenvalue weighted by molar-refractivity contribution is 0.0957. The Morgan fingerprint density at radius 2 is 1.96 bits per heavy atom. The number of rotatable bonds is 4. The summed E-state index contributed by atoms with van der Waals surface area (Å²) < 4.78 is 13.8. The fourth-order valence-corrected chi connectivity index (χ4v) is 2.97. The maximum atomic E-state index is 13.8. The van der Waals surface area contributed by atoms with Gasteiger partial charge in [0, 0.05) is 45.3 Å². The third-order valence-corrected chi connectivity index (χ3v) is 4.37. The van der Waals surface area contributed by atoms with Crippen molar-refractivity contribution in [1.82, 2.24) is 20.4 Å². The summed E-state index contributed by atoms with van der Waals surface area (Å²) >= 11 is 0. The van der Waals surface area contributed by atoms with Gasteiger partial charge in [0.25, 0.3) is 5.91 Å². The molecule has 1 amide bonds. The molecule has 0 atom stereocenters. The largest absolute Gasteiger partial charge is 0.354 e. The Labute approximate surface area is 146 Å². The number of nitrogens with one attached hydrogen (secondary N) is 1. The minimum absolute atomic E-state index is 0.153. The van der Waals surface area contributed by atoms with Gasteiger partial charge in [0.15, 0.2) is 11.5 Å². The van der Waals surface area contributed by atoms with Crippen LogP contribution in [0.1, 0.15) is 22.5 Å². The molecular formula is C18H22FN5O. The van der Waals surface area contributed by atoms with Crippen molar-refractivity contribution >= 4 is 11.7 Å². The van der Waals surface area contributed by atoms with E-state index in [4.69, 9.17) is 0 Å². The zero-order valence-electron chi connectivity index (χ0n) is 14.3. The van der Waals surface area contributed by atoms with Gasteiger partial charge in [-0.1, -0.05) is 18.2 Å². The lowest BCUT2D eigenvalue weighted by Gasteiger charge is -2.22. The highest BCUT2D eigenvalue weighted by Gasteiger charge is 2.18. The van der Waals surface area contributed by atoms with Crippen LogP contribution in [-0.2, 0) is 6.54 Å². The van der Waals surface area contributed by atoms with Gasteiger partial charge in [-0.2, -0.15) is 0 Å². The molecule has 3 rings (SSSR count). The molecule has 6 nitrogen and oxygen atoms in total. The van der Waals surface area contributed by atoms with Gasteiger partial charge in [-0.25, -0.2) is 4.39 Å².